The highest BCUT2D eigenvalue weighted by Gasteiger charge is 2.30. The number of hydrogen-bond acceptors (Lipinski definition) is 3. The zero-order chi connectivity index (χ0) is 12.3. The van der Waals surface area contributed by atoms with Crippen molar-refractivity contribution in [2.45, 2.75) is 23.0 Å². The molecule has 0 radical (unpaired) electrons. The van der Waals surface area contributed by atoms with Gasteiger partial charge in [-0.2, -0.15) is 0 Å². The van der Waals surface area contributed by atoms with Crippen LogP contribution in [0.15, 0.2) is 47.4 Å². The summed E-state index contributed by atoms with van der Waals surface area (Å²) in [6, 6.07) is 9.93. The van der Waals surface area contributed by atoms with E-state index < -0.39 is 9.84 Å². The minimum Gasteiger partial charge on any atom is -0.228 e. The number of hydrogen-bond donors (Lipinski definition) is 0. The molecule has 0 N–H and O–H groups in total. The maximum absolute atomic E-state index is 11.9. The molecule has 1 atom stereocenters. The fourth-order valence-corrected chi connectivity index (χ4v) is 5.27. The second-order valence-electron chi connectivity index (χ2n) is 4.34. The van der Waals surface area contributed by atoms with Gasteiger partial charge in [-0.25, -0.2) is 8.42 Å². The van der Waals surface area contributed by atoms with Crippen LogP contribution in [0.4, 0.5) is 0 Å². The van der Waals surface area contributed by atoms with Crippen LogP contribution in [0.25, 0.3) is 0 Å². The Labute approximate surface area is 107 Å². The average molecular weight is 268 g/mol. The minimum absolute atomic E-state index is 0.174. The summed E-state index contributed by atoms with van der Waals surface area (Å²) in [5.74, 6) is 0.826. The third kappa shape index (κ3) is 3.36. The maximum atomic E-state index is 11.9. The van der Waals surface area contributed by atoms with Crippen LogP contribution >= 0.6 is 11.8 Å². The van der Waals surface area contributed by atoms with Crippen LogP contribution in [0.1, 0.15) is 12.8 Å². The molecule has 1 unspecified atom stereocenters. The smallest absolute Gasteiger partial charge is 0.157 e. The van der Waals surface area contributed by atoms with E-state index in [2.05, 4.69) is 6.58 Å². The Morgan fingerprint density at radius 1 is 1.29 bits per heavy atom. The molecular formula is C13H16O2S2. The Morgan fingerprint density at radius 2 is 2.00 bits per heavy atom. The van der Waals surface area contributed by atoms with Gasteiger partial charge in [0.2, 0.25) is 0 Å². The standard InChI is InChI=1S/C13H16O2S2/c1-11-7-8-13(17(14,15)10-11)9-16-12-5-3-2-4-6-12/h2-6,13H,1,7-10H2. The van der Waals surface area contributed by atoms with Crippen molar-refractivity contribution in [1.82, 2.24) is 0 Å². The lowest BCUT2D eigenvalue weighted by atomic mass is 10.1. The summed E-state index contributed by atoms with van der Waals surface area (Å²) < 4.78 is 23.9. The lowest BCUT2D eigenvalue weighted by Gasteiger charge is -2.23. The van der Waals surface area contributed by atoms with Gasteiger partial charge in [-0.1, -0.05) is 30.4 Å². The predicted octanol–water partition coefficient (Wildman–Crippen LogP) is 2.91. The number of sulfone groups is 1. The van der Waals surface area contributed by atoms with Gasteiger partial charge in [0.25, 0.3) is 0 Å². The summed E-state index contributed by atoms with van der Waals surface area (Å²) in [6.45, 7) is 3.78. The second kappa shape index (κ2) is 5.27. The van der Waals surface area contributed by atoms with Gasteiger partial charge in [-0.3, -0.25) is 0 Å². The van der Waals surface area contributed by atoms with Gasteiger partial charge in [0.15, 0.2) is 9.84 Å². The van der Waals surface area contributed by atoms with Crippen LogP contribution < -0.4 is 0 Å². The molecule has 2 rings (SSSR count). The molecule has 1 saturated heterocycles. The lowest BCUT2D eigenvalue weighted by Crippen LogP contribution is -2.31. The monoisotopic (exact) mass is 268 g/mol. The normalized spacial score (nSPS) is 23.5. The molecule has 0 saturated carbocycles. The molecule has 4 heteroatoms. The van der Waals surface area contributed by atoms with Gasteiger partial charge in [0, 0.05) is 10.6 Å². The van der Waals surface area contributed by atoms with E-state index in [1.807, 2.05) is 30.3 Å². The number of thioether (sulfide) groups is 1. The largest absolute Gasteiger partial charge is 0.228 e. The van der Waals surface area contributed by atoms with Gasteiger partial charge in [0.1, 0.15) is 0 Å². The Hall–Kier alpha value is -0.740. The second-order valence-corrected chi connectivity index (χ2v) is 7.72. The van der Waals surface area contributed by atoms with Crippen LogP contribution in [-0.4, -0.2) is 25.2 Å². The molecule has 0 spiro atoms. The maximum Gasteiger partial charge on any atom is 0.157 e. The molecule has 1 fully saturated rings. The van der Waals surface area contributed by atoms with Crippen molar-refractivity contribution in [2.75, 3.05) is 11.5 Å². The molecule has 0 aromatic heterocycles. The van der Waals surface area contributed by atoms with Crippen molar-refractivity contribution < 1.29 is 8.42 Å². The summed E-state index contributed by atoms with van der Waals surface area (Å²) in [5.41, 5.74) is 0.853. The van der Waals surface area contributed by atoms with Gasteiger partial charge >= 0.3 is 0 Å². The van der Waals surface area contributed by atoms with Gasteiger partial charge < -0.3 is 0 Å². The Balaban J connectivity index is 1.98. The molecule has 0 amide bonds. The molecule has 1 aliphatic heterocycles. The molecule has 1 aromatic carbocycles. The van der Waals surface area contributed by atoms with Crippen LogP contribution in [0.3, 0.4) is 0 Å². The van der Waals surface area contributed by atoms with Crippen molar-refractivity contribution >= 4 is 21.6 Å². The molecule has 1 aromatic rings. The molecule has 92 valence electrons. The van der Waals surface area contributed by atoms with E-state index in [4.69, 9.17) is 0 Å². The summed E-state index contributed by atoms with van der Waals surface area (Å²) in [4.78, 5) is 1.13. The molecule has 1 heterocycles. The van der Waals surface area contributed by atoms with E-state index in [1.165, 1.54) is 0 Å². The summed E-state index contributed by atoms with van der Waals surface area (Å²) in [7, 11) is -2.96. The predicted molar refractivity (Wildman–Crippen MR) is 73.1 cm³/mol. The molecule has 17 heavy (non-hydrogen) atoms. The number of benzene rings is 1. The molecule has 2 nitrogen and oxygen atoms in total. The first kappa shape index (κ1) is 12.7. The summed E-state index contributed by atoms with van der Waals surface area (Å²) in [5, 5.41) is -0.210. The van der Waals surface area contributed by atoms with Crippen LogP contribution in [0, 0.1) is 0 Å². The zero-order valence-corrected chi connectivity index (χ0v) is 11.3. The molecule has 0 bridgehead atoms. The van der Waals surface area contributed by atoms with Gasteiger partial charge in [0.05, 0.1) is 11.0 Å². The van der Waals surface area contributed by atoms with Gasteiger partial charge in [-0.05, 0) is 25.0 Å². The average Bonchev–Trinajstić information content (AvgIpc) is 2.28. The van der Waals surface area contributed by atoms with Crippen LogP contribution in [0.5, 0.6) is 0 Å². The zero-order valence-electron chi connectivity index (χ0n) is 9.63. The quantitative estimate of drug-likeness (QED) is 0.624. The highest BCUT2D eigenvalue weighted by Crippen LogP contribution is 2.28. The van der Waals surface area contributed by atoms with E-state index in [0.717, 1.165) is 23.3 Å². The van der Waals surface area contributed by atoms with Crippen LogP contribution in [0.2, 0.25) is 0 Å². The van der Waals surface area contributed by atoms with E-state index in [0.29, 0.717) is 5.75 Å². The summed E-state index contributed by atoms with van der Waals surface area (Å²) >= 11 is 1.62. The minimum atomic E-state index is -2.96. The molecule has 1 aliphatic rings. The van der Waals surface area contributed by atoms with Crippen molar-refractivity contribution in [2.24, 2.45) is 0 Å². The highest BCUT2D eigenvalue weighted by molar-refractivity contribution is 8.01. The third-order valence-corrected chi connectivity index (χ3v) is 6.53. The first-order valence-corrected chi connectivity index (χ1v) is 8.34. The Kier molecular flexibility index (Phi) is 3.94. The third-order valence-electron chi connectivity index (χ3n) is 2.91. The van der Waals surface area contributed by atoms with Crippen LogP contribution in [-0.2, 0) is 9.84 Å². The lowest BCUT2D eigenvalue weighted by molar-refractivity contribution is 0.571. The fourth-order valence-electron chi connectivity index (χ4n) is 1.91. The van der Waals surface area contributed by atoms with Crippen molar-refractivity contribution in [3.8, 4) is 0 Å². The Bertz CT molecular complexity index is 491. The van der Waals surface area contributed by atoms with E-state index in [9.17, 15) is 8.42 Å². The molecule has 0 aliphatic carbocycles. The van der Waals surface area contributed by atoms with Gasteiger partial charge in [-0.15, -0.1) is 11.8 Å². The van der Waals surface area contributed by atoms with E-state index in [1.54, 1.807) is 11.8 Å². The van der Waals surface area contributed by atoms with E-state index in [-0.39, 0.29) is 11.0 Å². The SMILES string of the molecule is C=C1CCC(CSc2ccccc2)S(=O)(=O)C1. The summed E-state index contributed by atoms with van der Waals surface area (Å²) in [6.07, 6.45) is 1.57. The van der Waals surface area contributed by atoms with E-state index >= 15 is 0 Å². The van der Waals surface area contributed by atoms with Crippen molar-refractivity contribution in [3.05, 3.63) is 42.5 Å². The Morgan fingerprint density at radius 3 is 2.65 bits per heavy atom. The first-order chi connectivity index (χ1) is 8.08. The highest BCUT2D eigenvalue weighted by atomic mass is 32.2. The topological polar surface area (TPSA) is 34.1 Å². The first-order valence-electron chi connectivity index (χ1n) is 5.64. The fraction of sp³-hybridized carbons (Fsp3) is 0.385. The van der Waals surface area contributed by atoms with Crippen molar-refractivity contribution in [1.29, 1.82) is 0 Å². The number of rotatable bonds is 3. The van der Waals surface area contributed by atoms with Crippen molar-refractivity contribution in [3.63, 3.8) is 0 Å². The molecular weight excluding hydrogens is 252 g/mol.